The van der Waals surface area contributed by atoms with Gasteiger partial charge in [-0.15, -0.1) is 0 Å². The molecule has 2 fully saturated rings. The van der Waals surface area contributed by atoms with Gasteiger partial charge in [0.1, 0.15) is 0 Å². The topological polar surface area (TPSA) is 77.9 Å². The van der Waals surface area contributed by atoms with Crippen molar-refractivity contribution < 1.29 is 19.5 Å². The van der Waals surface area contributed by atoms with E-state index < -0.39 is 11.4 Å². The van der Waals surface area contributed by atoms with Gasteiger partial charge in [-0.2, -0.15) is 0 Å². The highest BCUT2D eigenvalue weighted by atomic mass is 16.4. The fourth-order valence-corrected chi connectivity index (χ4v) is 3.36. The molecule has 0 bridgehead atoms. The molecule has 6 nitrogen and oxygen atoms in total. The van der Waals surface area contributed by atoms with Gasteiger partial charge in [-0.05, 0) is 32.6 Å². The van der Waals surface area contributed by atoms with Crippen LogP contribution in [-0.4, -0.2) is 58.9 Å². The first-order valence-corrected chi connectivity index (χ1v) is 8.17. The fraction of sp³-hybridized carbons (Fsp3) is 0.812. The quantitative estimate of drug-likeness (QED) is 0.850. The zero-order chi connectivity index (χ0) is 16.3. The van der Waals surface area contributed by atoms with Gasteiger partial charge in [-0.3, -0.25) is 14.4 Å². The Kier molecular flexibility index (Phi) is 5.08. The average Bonchev–Trinajstić information content (AvgIpc) is 2.91. The molecule has 2 aliphatic rings. The van der Waals surface area contributed by atoms with Gasteiger partial charge in [0.25, 0.3) is 0 Å². The molecule has 0 aromatic carbocycles. The number of rotatable bonds is 4. The maximum atomic E-state index is 12.6. The van der Waals surface area contributed by atoms with E-state index in [1.54, 1.807) is 16.7 Å². The summed E-state index contributed by atoms with van der Waals surface area (Å²) >= 11 is 0. The lowest BCUT2D eigenvalue weighted by Crippen LogP contribution is -2.46. The van der Waals surface area contributed by atoms with E-state index in [0.29, 0.717) is 25.9 Å². The van der Waals surface area contributed by atoms with Crippen LogP contribution in [0.3, 0.4) is 0 Å². The van der Waals surface area contributed by atoms with Crippen LogP contribution in [0.4, 0.5) is 0 Å². The average molecular weight is 310 g/mol. The number of piperidine rings is 1. The van der Waals surface area contributed by atoms with Crippen molar-refractivity contribution in [2.45, 2.75) is 46.0 Å². The summed E-state index contributed by atoms with van der Waals surface area (Å²) in [6.07, 6.45) is 3.48. The highest BCUT2D eigenvalue weighted by molar-refractivity contribution is 5.83. The molecule has 0 spiro atoms. The molecule has 0 aromatic rings. The van der Waals surface area contributed by atoms with Gasteiger partial charge in [-0.25, -0.2) is 0 Å². The largest absolute Gasteiger partial charge is 0.481 e. The Morgan fingerprint density at radius 1 is 1.23 bits per heavy atom. The van der Waals surface area contributed by atoms with Crippen LogP contribution < -0.4 is 0 Å². The minimum atomic E-state index is -0.841. The van der Waals surface area contributed by atoms with Gasteiger partial charge in [-0.1, -0.05) is 6.92 Å². The summed E-state index contributed by atoms with van der Waals surface area (Å²) in [4.78, 5) is 39.4. The van der Waals surface area contributed by atoms with E-state index in [1.165, 1.54) is 0 Å². The summed E-state index contributed by atoms with van der Waals surface area (Å²) in [6.45, 7) is 5.66. The number of carbonyl (C=O) groups excluding carboxylic acids is 2. The molecule has 2 rings (SSSR count). The first kappa shape index (κ1) is 16.8. The molecule has 0 aromatic heterocycles. The summed E-state index contributed by atoms with van der Waals surface area (Å²) in [5.74, 6) is -0.882. The molecule has 2 unspecified atom stereocenters. The van der Waals surface area contributed by atoms with Crippen LogP contribution in [0.1, 0.15) is 46.0 Å². The smallest absolute Gasteiger partial charge is 0.311 e. The minimum absolute atomic E-state index is 0.0129. The van der Waals surface area contributed by atoms with E-state index in [2.05, 4.69) is 0 Å². The standard InChI is InChI=1S/C16H26N2O4/c1-3-5-13(19)17-8-4-6-12(10-17)14(20)18-9-7-16(2,11-18)15(21)22/h12H,3-11H2,1-2H3,(H,21,22). The number of carboxylic acid groups (broad SMARTS) is 1. The van der Waals surface area contributed by atoms with Crippen LogP contribution in [0.25, 0.3) is 0 Å². The molecule has 2 atom stereocenters. The monoisotopic (exact) mass is 310 g/mol. The van der Waals surface area contributed by atoms with Crippen molar-refractivity contribution in [1.29, 1.82) is 0 Å². The Hall–Kier alpha value is -1.59. The number of aliphatic carboxylic acids is 1. The van der Waals surface area contributed by atoms with Crippen LogP contribution in [-0.2, 0) is 14.4 Å². The van der Waals surface area contributed by atoms with Gasteiger partial charge in [0.05, 0.1) is 11.3 Å². The van der Waals surface area contributed by atoms with Crippen molar-refractivity contribution in [1.82, 2.24) is 9.80 Å². The van der Waals surface area contributed by atoms with E-state index >= 15 is 0 Å². The third-order valence-corrected chi connectivity index (χ3v) is 4.89. The maximum absolute atomic E-state index is 12.6. The summed E-state index contributed by atoms with van der Waals surface area (Å²) in [5.41, 5.74) is -0.831. The summed E-state index contributed by atoms with van der Waals surface area (Å²) < 4.78 is 0. The number of nitrogens with zero attached hydrogens (tertiary/aromatic N) is 2. The summed E-state index contributed by atoms with van der Waals surface area (Å²) in [6, 6.07) is 0. The lowest BCUT2D eigenvalue weighted by molar-refractivity contribution is -0.147. The van der Waals surface area contributed by atoms with Crippen LogP contribution in [0.5, 0.6) is 0 Å². The van der Waals surface area contributed by atoms with E-state index in [-0.39, 0.29) is 24.3 Å². The lowest BCUT2D eigenvalue weighted by Gasteiger charge is -2.34. The molecule has 0 aliphatic carbocycles. The highest BCUT2D eigenvalue weighted by Crippen LogP contribution is 2.32. The molecule has 2 aliphatic heterocycles. The van der Waals surface area contributed by atoms with E-state index in [0.717, 1.165) is 25.8 Å². The van der Waals surface area contributed by atoms with Crippen molar-refractivity contribution in [2.24, 2.45) is 11.3 Å². The Labute approximate surface area is 131 Å². The maximum Gasteiger partial charge on any atom is 0.311 e. The normalized spacial score (nSPS) is 28.7. The Balaban J connectivity index is 1.95. The number of hydrogen-bond acceptors (Lipinski definition) is 3. The van der Waals surface area contributed by atoms with Crippen molar-refractivity contribution in [2.75, 3.05) is 26.2 Å². The Morgan fingerprint density at radius 2 is 1.95 bits per heavy atom. The molecule has 0 saturated carbocycles. The predicted molar refractivity (Wildman–Crippen MR) is 81.2 cm³/mol. The fourth-order valence-electron chi connectivity index (χ4n) is 3.36. The van der Waals surface area contributed by atoms with Gasteiger partial charge >= 0.3 is 5.97 Å². The SMILES string of the molecule is CCCC(=O)N1CCCC(C(=O)N2CCC(C)(C(=O)O)C2)C1. The third-order valence-electron chi connectivity index (χ3n) is 4.89. The minimum Gasteiger partial charge on any atom is -0.481 e. The van der Waals surface area contributed by atoms with Gasteiger partial charge in [0.2, 0.25) is 11.8 Å². The number of hydrogen-bond donors (Lipinski definition) is 1. The third kappa shape index (κ3) is 3.42. The molecule has 0 radical (unpaired) electrons. The van der Waals surface area contributed by atoms with Gasteiger partial charge in [0.15, 0.2) is 0 Å². The molecule has 2 saturated heterocycles. The molecule has 6 heteroatoms. The summed E-state index contributed by atoms with van der Waals surface area (Å²) in [7, 11) is 0. The Morgan fingerprint density at radius 3 is 2.55 bits per heavy atom. The number of likely N-dealkylation sites (tertiary alicyclic amines) is 2. The van der Waals surface area contributed by atoms with Crippen LogP contribution in [0, 0.1) is 11.3 Å². The summed E-state index contributed by atoms with van der Waals surface area (Å²) in [5, 5.41) is 9.27. The molecule has 124 valence electrons. The molecule has 2 heterocycles. The van der Waals surface area contributed by atoms with Crippen molar-refractivity contribution in [3.63, 3.8) is 0 Å². The van der Waals surface area contributed by atoms with Crippen molar-refractivity contribution in [3.8, 4) is 0 Å². The second-order valence-corrected chi connectivity index (χ2v) is 6.80. The van der Waals surface area contributed by atoms with E-state index in [4.69, 9.17) is 0 Å². The molecule has 22 heavy (non-hydrogen) atoms. The predicted octanol–water partition coefficient (Wildman–Crippen LogP) is 1.35. The lowest BCUT2D eigenvalue weighted by atomic mass is 9.90. The molecule has 1 N–H and O–H groups in total. The number of amides is 2. The first-order valence-electron chi connectivity index (χ1n) is 8.17. The molecular weight excluding hydrogens is 284 g/mol. The second-order valence-electron chi connectivity index (χ2n) is 6.80. The van der Waals surface area contributed by atoms with Crippen LogP contribution >= 0.6 is 0 Å². The van der Waals surface area contributed by atoms with Gasteiger partial charge < -0.3 is 14.9 Å². The molecule has 2 amide bonds. The van der Waals surface area contributed by atoms with Crippen molar-refractivity contribution in [3.05, 3.63) is 0 Å². The van der Waals surface area contributed by atoms with E-state index in [1.807, 2.05) is 6.92 Å². The Bertz CT molecular complexity index is 465. The van der Waals surface area contributed by atoms with Crippen molar-refractivity contribution >= 4 is 17.8 Å². The first-order chi connectivity index (χ1) is 10.4. The molecular formula is C16H26N2O4. The van der Waals surface area contributed by atoms with E-state index in [9.17, 15) is 19.5 Å². The zero-order valence-electron chi connectivity index (χ0n) is 13.5. The number of carboxylic acids is 1. The van der Waals surface area contributed by atoms with Gasteiger partial charge in [0, 0.05) is 32.6 Å². The van der Waals surface area contributed by atoms with Crippen LogP contribution in [0.2, 0.25) is 0 Å². The number of carbonyl (C=O) groups is 3. The zero-order valence-corrected chi connectivity index (χ0v) is 13.5. The highest BCUT2D eigenvalue weighted by Gasteiger charge is 2.43. The second kappa shape index (κ2) is 6.67. The van der Waals surface area contributed by atoms with Crippen LogP contribution in [0.15, 0.2) is 0 Å².